The molecule has 3 heterocycles. The predicted molar refractivity (Wildman–Crippen MR) is 117 cm³/mol. The zero-order valence-electron chi connectivity index (χ0n) is 17.4. The van der Waals surface area contributed by atoms with Gasteiger partial charge in [-0.15, -0.1) is 0 Å². The first kappa shape index (κ1) is 19.8. The number of carbonyl (C=O) groups excluding carboxylic acids is 1. The van der Waals surface area contributed by atoms with E-state index in [4.69, 9.17) is 4.74 Å². The summed E-state index contributed by atoms with van der Waals surface area (Å²) in [5.74, 6) is 0.855. The molecule has 6 nitrogen and oxygen atoms in total. The minimum absolute atomic E-state index is 0.0120. The molecule has 30 heavy (non-hydrogen) atoms. The van der Waals surface area contributed by atoms with Crippen LogP contribution in [0.4, 0.5) is 0 Å². The lowest BCUT2D eigenvalue weighted by Gasteiger charge is -2.09. The van der Waals surface area contributed by atoms with E-state index in [0.29, 0.717) is 24.0 Å². The quantitative estimate of drug-likeness (QED) is 0.428. The maximum Gasteiger partial charge on any atom is 0.213 e. The van der Waals surface area contributed by atoms with Crippen molar-refractivity contribution in [3.8, 4) is 17.0 Å². The standard InChI is InChI=1S/C24H24N4O2/c1-16(2)15-30-24-10-18(6-7-25-24)23(29)11-22-9-20-8-17(4-5-19(20)12-26-22)21-13-27-28(3)14-21/h4-10,12-14,16H,11,15H2,1-3H3. The van der Waals surface area contributed by atoms with E-state index < -0.39 is 0 Å². The van der Waals surface area contributed by atoms with E-state index in [-0.39, 0.29) is 12.2 Å². The second-order valence-corrected chi connectivity index (χ2v) is 7.83. The fourth-order valence-electron chi connectivity index (χ4n) is 3.21. The number of fused-ring (bicyclic) bond motifs is 1. The summed E-state index contributed by atoms with van der Waals surface area (Å²) in [5, 5.41) is 6.32. The highest BCUT2D eigenvalue weighted by Gasteiger charge is 2.11. The van der Waals surface area contributed by atoms with Crippen molar-refractivity contribution >= 4 is 16.6 Å². The van der Waals surface area contributed by atoms with E-state index >= 15 is 0 Å². The van der Waals surface area contributed by atoms with Crippen molar-refractivity contribution < 1.29 is 9.53 Å². The van der Waals surface area contributed by atoms with Crippen LogP contribution in [0, 0.1) is 5.92 Å². The van der Waals surface area contributed by atoms with E-state index in [9.17, 15) is 4.79 Å². The van der Waals surface area contributed by atoms with Crippen molar-refractivity contribution in [3.05, 3.63) is 72.4 Å². The molecule has 6 heteroatoms. The van der Waals surface area contributed by atoms with Crippen molar-refractivity contribution in [2.45, 2.75) is 20.3 Å². The molecule has 4 aromatic rings. The van der Waals surface area contributed by atoms with Gasteiger partial charge in [0, 0.05) is 53.9 Å². The van der Waals surface area contributed by atoms with Gasteiger partial charge in [-0.05, 0) is 35.1 Å². The lowest BCUT2D eigenvalue weighted by molar-refractivity contribution is 0.0991. The monoisotopic (exact) mass is 400 g/mol. The predicted octanol–water partition coefficient (Wildman–Crippen LogP) is 4.49. The molecule has 0 atom stereocenters. The van der Waals surface area contributed by atoms with Gasteiger partial charge in [-0.25, -0.2) is 4.98 Å². The topological polar surface area (TPSA) is 69.9 Å². The number of rotatable bonds is 7. The smallest absolute Gasteiger partial charge is 0.213 e. The van der Waals surface area contributed by atoms with Crippen molar-refractivity contribution in [2.24, 2.45) is 13.0 Å². The Kier molecular flexibility index (Phi) is 5.57. The van der Waals surface area contributed by atoms with E-state index in [0.717, 1.165) is 27.6 Å². The molecule has 0 spiro atoms. The molecule has 0 aliphatic heterocycles. The molecule has 0 aliphatic carbocycles. The minimum Gasteiger partial charge on any atom is -0.477 e. The van der Waals surface area contributed by atoms with Crippen LogP contribution in [0.3, 0.4) is 0 Å². The lowest BCUT2D eigenvalue weighted by Crippen LogP contribution is -2.08. The van der Waals surface area contributed by atoms with E-state index in [1.54, 1.807) is 23.0 Å². The fourth-order valence-corrected chi connectivity index (χ4v) is 3.21. The Labute approximate surface area is 175 Å². The Morgan fingerprint density at radius 3 is 2.67 bits per heavy atom. The normalized spacial score (nSPS) is 11.2. The molecule has 0 radical (unpaired) electrons. The zero-order chi connectivity index (χ0) is 21.1. The lowest BCUT2D eigenvalue weighted by atomic mass is 10.0. The van der Waals surface area contributed by atoms with Gasteiger partial charge in [0.15, 0.2) is 5.78 Å². The highest BCUT2D eigenvalue weighted by Crippen LogP contribution is 2.24. The van der Waals surface area contributed by atoms with Crippen LogP contribution in [-0.4, -0.2) is 32.1 Å². The summed E-state index contributed by atoms with van der Waals surface area (Å²) in [5.41, 5.74) is 3.45. The number of Topliss-reactive ketones (excluding diaryl/α,β-unsaturated/α-hetero) is 1. The number of pyridine rings is 2. The van der Waals surface area contributed by atoms with Gasteiger partial charge in [-0.3, -0.25) is 14.5 Å². The molecule has 4 rings (SSSR count). The summed E-state index contributed by atoms with van der Waals surface area (Å²) >= 11 is 0. The highest BCUT2D eigenvalue weighted by molar-refractivity contribution is 5.98. The Morgan fingerprint density at radius 2 is 1.90 bits per heavy atom. The first-order valence-electron chi connectivity index (χ1n) is 9.97. The summed E-state index contributed by atoms with van der Waals surface area (Å²) < 4.78 is 7.42. The van der Waals surface area contributed by atoms with Gasteiger partial charge in [0.2, 0.25) is 5.88 Å². The van der Waals surface area contributed by atoms with Gasteiger partial charge in [0.25, 0.3) is 0 Å². The van der Waals surface area contributed by atoms with E-state index in [2.05, 4.69) is 41.0 Å². The van der Waals surface area contributed by atoms with Crippen molar-refractivity contribution in [1.82, 2.24) is 19.7 Å². The fraction of sp³-hybridized carbons (Fsp3) is 0.250. The van der Waals surface area contributed by atoms with Gasteiger partial charge in [-0.1, -0.05) is 26.0 Å². The average molecular weight is 400 g/mol. The van der Waals surface area contributed by atoms with Crippen LogP contribution in [0.5, 0.6) is 5.88 Å². The Morgan fingerprint density at radius 1 is 1.03 bits per heavy atom. The van der Waals surface area contributed by atoms with Crippen LogP contribution in [0.1, 0.15) is 29.9 Å². The SMILES string of the molecule is CC(C)COc1cc(C(=O)Cc2cc3cc(-c4cnn(C)c4)ccc3cn2)ccn1. The zero-order valence-corrected chi connectivity index (χ0v) is 17.4. The molecule has 0 amide bonds. The highest BCUT2D eigenvalue weighted by atomic mass is 16.5. The molecule has 0 saturated heterocycles. The largest absolute Gasteiger partial charge is 0.477 e. The molecule has 1 aromatic carbocycles. The number of nitrogens with zero attached hydrogens (tertiary/aromatic N) is 4. The minimum atomic E-state index is -0.0120. The van der Waals surface area contributed by atoms with Gasteiger partial charge in [0.05, 0.1) is 19.2 Å². The van der Waals surface area contributed by atoms with Crippen molar-refractivity contribution in [3.63, 3.8) is 0 Å². The summed E-state index contributed by atoms with van der Waals surface area (Å²) in [7, 11) is 1.90. The van der Waals surface area contributed by atoms with E-state index in [1.165, 1.54) is 0 Å². The number of aryl methyl sites for hydroxylation is 1. The second-order valence-electron chi connectivity index (χ2n) is 7.83. The van der Waals surface area contributed by atoms with Crippen LogP contribution in [0.2, 0.25) is 0 Å². The molecular weight excluding hydrogens is 376 g/mol. The molecule has 0 fully saturated rings. The van der Waals surface area contributed by atoms with Crippen LogP contribution in [0.15, 0.2) is 61.2 Å². The molecule has 0 aliphatic rings. The summed E-state index contributed by atoms with van der Waals surface area (Å²) in [6.45, 7) is 4.70. The molecule has 3 aromatic heterocycles. The third-order valence-corrected chi connectivity index (χ3v) is 4.78. The van der Waals surface area contributed by atoms with Crippen LogP contribution < -0.4 is 4.74 Å². The summed E-state index contributed by atoms with van der Waals surface area (Å²) in [6.07, 6.45) is 7.47. The number of ether oxygens (including phenoxy) is 1. The number of hydrogen-bond acceptors (Lipinski definition) is 5. The van der Waals surface area contributed by atoms with Crippen LogP contribution in [0.25, 0.3) is 21.9 Å². The first-order chi connectivity index (χ1) is 14.5. The van der Waals surface area contributed by atoms with Gasteiger partial charge >= 0.3 is 0 Å². The number of carbonyl (C=O) groups is 1. The van der Waals surface area contributed by atoms with Gasteiger partial charge in [-0.2, -0.15) is 5.10 Å². The van der Waals surface area contributed by atoms with Crippen molar-refractivity contribution in [2.75, 3.05) is 6.61 Å². The molecule has 0 bridgehead atoms. The van der Waals surface area contributed by atoms with Crippen LogP contribution in [-0.2, 0) is 13.5 Å². The molecule has 0 saturated carbocycles. The van der Waals surface area contributed by atoms with E-state index in [1.807, 2.05) is 37.8 Å². The van der Waals surface area contributed by atoms with Gasteiger partial charge < -0.3 is 4.74 Å². The maximum atomic E-state index is 12.8. The van der Waals surface area contributed by atoms with Crippen LogP contribution >= 0.6 is 0 Å². The molecular formula is C24H24N4O2. The number of hydrogen-bond donors (Lipinski definition) is 0. The Hall–Kier alpha value is -3.54. The third-order valence-electron chi connectivity index (χ3n) is 4.78. The van der Waals surface area contributed by atoms with Crippen molar-refractivity contribution in [1.29, 1.82) is 0 Å². The molecule has 152 valence electrons. The number of aromatic nitrogens is 4. The molecule has 0 unspecified atom stereocenters. The number of benzene rings is 1. The molecule has 0 N–H and O–H groups in total. The summed E-state index contributed by atoms with van der Waals surface area (Å²) in [6, 6.07) is 11.6. The average Bonchev–Trinajstić information content (AvgIpc) is 3.18. The van der Waals surface area contributed by atoms with Gasteiger partial charge in [0.1, 0.15) is 0 Å². The number of ketones is 1. The Balaban J connectivity index is 1.54. The Bertz CT molecular complexity index is 1200. The third kappa shape index (κ3) is 4.54. The summed E-state index contributed by atoms with van der Waals surface area (Å²) in [4.78, 5) is 21.5. The first-order valence-corrected chi connectivity index (χ1v) is 9.97. The maximum absolute atomic E-state index is 12.8. The second kappa shape index (κ2) is 8.45.